The van der Waals surface area contributed by atoms with Gasteiger partial charge in [0.25, 0.3) is 0 Å². The van der Waals surface area contributed by atoms with E-state index >= 15 is 0 Å². The number of ether oxygens (including phenoxy) is 2. The van der Waals surface area contributed by atoms with Gasteiger partial charge in [-0.15, -0.1) is 0 Å². The number of allylic oxidation sites excluding steroid dienone is 6. The van der Waals surface area contributed by atoms with Gasteiger partial charge in [0.15, 0.2) is 23.1 Å². The second-order valence-corrected chi connectivity index (χ2v) is 8.08. The van der Waals surface area contributed by atoms with E-state index in [4.69, 9.17) is 9.47 Å². The lowest BCUT2D eigenvalue weighted by Gasteiger charge is -2.05. The average Bonchev–Trinajstić information content (AvgIpc) is 3.28. The van der Waals surface area contributed by atoms with Crippen LogP contribution >= 0.6 is 0 Å². The fourth-order valence-corrected chi connectivity index (χ4v) is 4.26. The predicted molar refractivity (Wildman–Crippen MR) is 132 cm³/mol. The van der Waals surface area contributed by atoms with Gasteiger partial charge >= 0.3 is 11.9 Å². The summed E-state index contributed by atoms with van der Waals surface area (Å²) in [4.78, 5) is 75.7. The zero-order valence-corrected chi connectivity index (χ0v) is 20.2. The van der Waals surface area contributed by atoms with Crippen LogP contribution in [-0.2, 0) is 9.47 Å². The molecule has 0 unspecified atom stereocenters. The zero-order valence-electron chi connectivity index (χ0n) is 20.2. The van der Waals surface area contributed by atoms with E-state index in [1.807, 2.05) is 0 Å². The molecular formula is C29H22O8. The van der Waals surface area contributed by atoms with Crippen molar-refractivity contribution < 1.29 is 38.2 Å². The number of carbonyl (C=O) groups excluding carboxylic acids is 6. The Morgan fingerprint density at radius 1 is 0.703 bits per heavy atom. The van der Waals surface area contributed by atoms with Crippen LogP contribution in [0.5, 0.6) is 0 Å². The Hall–Kier alpha value is -4.72. The molecule has 4 rings (SSSR count). The van der Waals surface area contributed by atoms with Crippen molar-refractivity contribution in [2.45, 2.75) is 20.3 Å². The fraction of sp³-hybridized carbons (Fsp3) is 0.172. The van der Waals surface area contributed by atoms with Crippen LogP contribution in [0.15, 0.2) is 71.8 Å². The quantitative estimate of drug-likeness (QED) is 0.315. The Morgan fingerprint density at radius 3 is 1.70 bits per heavy atom. The van der Waals surface area contributed by atoms with Gasteiger partial charge in [-0.2, -0.15) is 0 Å². The van der Waals surface area contributed by atoms with Crippen molar-refractivity contribution in [2.75, 3.05) is 13.2 Å². The van der Waals surface area contributed by atoms with E-state index in [1.165, 1.54) is 54.6 Å². The summed E-state index contributed by atoms with van der Waals surface area (Å²) in [6.45, 7) is 3.55. The van der Waals surface area contributed by atoms with Gasteiger partial charge in [0.1, 0.15) is 0 Å². The molecule has 0 saturated carbocycles. The number of rotatable bonds is 7. The minimum Gasteiger partial charge on any atom is -0.462 e. The highest BCUT2D eigenvalue weighted by Crippen LogP contribution is 2.31. The third-order valence-corrected chi connectivity index (χ3v) is 5.90. The van der Waals surface area contributed by atoms with Crippen LogP contribution in [0.25, 0.3) is 0 Å². The van der Waals surface area contributed by atoms with E-state index in [0.29, 0.717) is 0 Å². The van der Waals surface area contributed by atoms with Crippen LogP contribution in [-0.4, -0.2) is 48.3 Å². The molecule has 0 heterocycles. The summed E-state index contributed by atoms with van der Waals surface area (Å²) in [6.07, 6.45) is 5.97. The lowest BCUT2D eigenvalue weighted by Crippen LogP contribution is -2.10. The van der Waals surface area contributed by atoms with Gasteiger partial charge in [0.2, 0.25) is 0 Å². The topological polar surface area (TPSA) is 121 Å². The Morgan fingerprint density at radius 2 is 1.19 bits per heavy atom. The van der Waals surface area contributed by atoms with Crippen LogP contribution in [0.3, 0.4) is 0 Å². The number of ketones is 4. The molecule has 0 N–H and O–H groups in total. The van der Waals surface area contributed by atoms with E-state index < -0.39 is 35.1 Å². The Bertz CT molecular complexity index is 1470. The van der Waals surface area contributed by atoms with E-state index in [2.05, 4.69) is 0 Å². The van der Waals surface area contributed by atoms with Crippen LogP contribution in [0, 0.1) is 0 Å². The number of hydrogen-bond donors (Lipinski definition) is 0. The average molecular weight is 498 g/mol. The molecule has 0 spiro atoms. The molecule has 0 radical (unpaired) electrons. The molecule has 37 heavy (non-hydrogen) atoms. The van der Waals surface area contributed by atoms with E-state index in [1.54, 1.807) is 19.9 Å². The molecule has 0 atom stereocenters. The molecule has 0 bridgehead atoms. The highest BCUT2D eigenvalue weighted by atomic mass is 16.5. The molecule has 2 aliphatic carbocycles. The van der Waals surface area contributed by atoms with Gasteiger partial charge in [-0.25, -0.2) is 9.59 Å². The van der Waals surface area contributed by atoms with Crippen molar-refractivity contribution in [1.29, 1.82) is 0 Å². The minimum absolute atomic E-state index is 0.0186. The van der Waals surface area contributed by atoms with E-state index in [9.17, 15) is 28.8 Å². The summed E-state index contributed by atoms with van der Waals surface area (Å²) in [6, 6.07) is 8.88. The van der Waals surface area contributed by atoms with E-state index in [0.717, 1.165) is 0 Å². The van der Waals surface area contributed by atoms with Crippen LogP contribution in [0.4, 0.5) is 0 Å². The molecule has 0 saturated heterocycles. The first kappa shape index (κ1) is 25.4. The summed E-state index contributed by atoms with van der Waals surface area (Å²) in [7, 11) is 0. The van der Waals surface area contributed by atoms with Crippen molar-refractivity contribution in [2.24, 2.45) is 0 Å². The number of Topliss-reactive ketones (excluding diaryl/α,β-unsaturated/α-hetero) is 4. The smallest absolute Gasteiger partial charge is 0.338 e. The Labute approximate surface area is 212 Å². The highest BCUT2D eigenvalue weighted by molar-refractivity contribution is 6.41. The second kappa shape index (κ2) is 10.5. The summed E-state index contributed by atoms with van der Waals surface area (Å²) < 4.78 is 9.97. The second-order valence-electron chi connectivity index (χ2n) is 8.08. The third kappa shape index (κ3) is 4.49. The Kier molecular flexibility index (Phi) is 7.20. The highest BCUT2D eigenvalue weighted by Gasteiger charge is 2.37. The van der Waals surface area contributed by atoms with Crippen molar-refractivity contribution in [3.8, 4) is 0 Å². The Balaban J connectivity index is 1.52. The first-order valence-corrected chi connectivity index (χ1v) is 11.7. The number of fused-ring (bicyclic) bond motifs is 2. The number of benzene rings is 2. The van der Waals surface area contributed by atoms with Crippen LogP contribution in [0.1, 0.15) is 82.4 Å². The molecule has 0 fully saturated rings. The normalized spacial score (nSPS) is 16.6. The number of carbonyl (C=O) groups is 6. The lowest BCUT2D eigenvalue weighted by molar-refractivity contribution is 0.0515. The first-order chi connectivity index (χ1) is 17.8. The van der Waals surface area contributed by atoms with Crippen molar-refractivity contribution in [3.05, 3.63) is 105 Å². The zero-order chi connectivity index (χ0) is 26.7. The van der Waals surface area contributed by atoms with Gasteiger partial charge in [0.05, 0.1) is 35.5 Å². The SMILES string of the molecule is CCOC(=O)c1cccc2c1C(=O)C(=CC=CCC=C1C(=O)c3cccc(C(=O)OCC)c3C1=O)C2=O. The lowest BCUT2D eigenvalue weighted by atomic mass is 10.0. The molecule has 8 nitrogen and oxygen atoms in total. The maximum Gasteiger partial charge on any atom is 0.338 e. The molecule has 8 heteroatoms. The van der Waals surface area contributed by atoms with Gasteiger partial charge in [-0.1, -0.05) is 42.5 Å². The standard InChI is InChI=1S/C29H22O8/c1-3-36-28(34)18-14-8-12-16-22(18)26(32)20(24(16)30)10-6-5-7-11-21-25(31)17-13-9-15-19(23(17)27(21)33)29(35)37-4-2/h5-6,8-15H,3-4,7H2,1-2H3. The van der Waals surface area contributed by atoms with Gasteiger partial charge in [0, 0.05) is 22.3 Å². The summed E-state index contributed by atoms with van der Waals surface area (Å²) in [5.41, 5.74) is 0.237. The molecule has 2 aromatic carbocycles. The van der Waals surface area contributed by atoms with Crippen LogP contribution in [0.2, 0.25) is 0 Å². The summed E-state index contributed by atoms with van der Waals surface area (Å²) >= 11 is 0. The minimum atomic E-state index is -0.679. The fourth-order valence-electron chi connectivity index (χ4n) is 4.26. The van der Waals surface area contributed by atoms with Crippen molar-refractivity contribution >= 4 is 35.1 Å². The number of hydrogen-bond acceptors (Lipinski definition) is 8. The maximum atomic E-state index is 12.9. The van der Waals surface area contributed by atoms with Crippen LogP contribution < -0.4 is 0 Å². The first-order valence-electron chi connectivity index (χ1n) is 11.7. The monoisotopic (exact) mass is 498 g/mol. The molecule has 186 valence electrons. The molecule has 2 aliphatic rings. The van der Waals surface area contributed by atoms with Gasteiger partial charge in [-0.05, 0) is 38.5 Å². The van der Waals surface area contributed by atoms with Crippen molar-refractivity contribution in [3.63, 3.8) is 0 Å². The molecule has 0 aromatic heterocycles. The third-order valence-electron chi connectivity index (χ3n) is 5.90. The largest absolute Gasteiger partial charge is 0.462 e. The molecular weight excluding hydrogens is 476 g/mol. The van der Waals surface area contributed by atoms with E-state index in [-0.39, 0.29) is 64.2 Å². The predicted octanol–water partition coefficient (Wildman–Crippen LogP) is 4.30. The van der Waals surface area contributed by atoms with Gasteiger partial charge in [-0.3, -0.25) is 19.2 Å². The molecule has 0 aliphatic heterocycles. The summed E-state index contributed by atoms with van der Waals surface area (Å²) in [5, 5.41) is 0. The van der Waals surface area contributed by atoms with Crippen molar-refractivity contribution in [1.82, 2.24) is 0 Å². The summed E-state index contributed by atoms with van der Waals surface area (Å²) in [5.74, 6) is -3.47. The van der Waals surface area contributed by atoms with Gasteiger partial charge < -0.3 is 9.47 Å². The number of esters is 2. The maximum absolute atomic E-state index is 12.9. The molecule has 0 amide bonds. The molecule has 2 aromatic rings.